The number of hydrogen-bond acceptors (Lipinski definition) is 5. The van der Waals surface area contributed by atoms with E-state index in [0.29, 0.717) is 18.3 Å². The van der Waals surface area contributed by atoms with Crippen LogP contribution in [0.2, 0.25) is 0 Å². The Kier molecular flexibility index (Phi) is 4.93. The summed E-state index contributed by atoms with van der Waals surface area (Å²) in [6.07, 6.45) is 5.85. The van der Waals surface area contributed by atoms with E-state index in [0.717, 1.165) is 25.7 Å². The number of aliphatic hydroxyl groups is 2. The first-order chi connectivity index (χ1) is 12.2. The largest absolute Gasteiger partial charge is 0.384 e. The van der Waals surface area contributed by atoms with Gasteiger partial charge in [0.25, 0.3) is 0 Å². The summed E-state index contributed by atoms with van der Waals surface area (Å²) >= 11 is 0. The molecule has 0 aromatic rings. The third-order valence-corrected chi connectivity index (χ3v) is 7.88. The fourth-order valence-electron chi connectivity index (χ4n) is 6.18. The monoisotopic (exact) mass is 368 g/mol. The van der Waals surface area contributed by atoms with Gasteiger partial charge in [-0.25, -0.2) is 0 Å². The van der Waals surface area contributed by atoms with Crippen molar-refractivity contribution in [1.82, 2.24) is 0 Å². The van der Waals surface area contributed by atoms with Crippen molar-refractivity contribution >= 4 is 0 Å². The fourth-order valence-corrected chi connectivity index (χ4v) is 6.18. The van der Waals surface area contributed by atoms with Crippen LogP contribution in [0.25, 0.3) is 0 Å². The van der Waals surface area contributed by atoms with Crippen molar-refractivity contribution in [3.63, 3.8) is 0 Å². The van der Waals surface area contributed by atoms with Gasteiger partial charge in [0.15, 0.2) is 18.4 Å². The lowest BCUT2D eigenvalue weighted by Crippen LogP contribution is -2.67. The van der Waals surface area contributed by atoms with Crippen LogP contribution in [0.1, 0.15) is 72.6 Å². The first kappa shape index (κ1) is 19.1. The minimum absolute atomic E-state index is 0.0815. The minimum Gasteiger partial charge on any atom is -0.384 e. The third-order valence-electron chi connectivity index (χ3n) is 7.88. The molecule has 2 saturated carbocycles. The Hall–Kier alpha value is -0.200. The molecule has 2 N–H and O–H groups in total. The van der Waals surface area contributed by atoms with E-state index < -0.39 is 17.7 Å². The molecule has 4 rings (SSSR count). The highest BCUT2D eigenvalue weighted by Crippen LogP contribution is 2.56. The van der Waals surface area contributed by atoms with E-state index in [1.165, 1.54) is 12.8 Å². The molecule has 4 fully saturated rings. The summed E-state index contributed by atoms with van der Waals surface area (Å²) in [5, 5.41) is 22.5. The Morgan fingerprint density at radius 2 is 1.69 bits per heavy atom. The zero-order chi connectivity index (χ0) is 18.7. The van der Waals surface area contributed by atoms with E-state index in [4.69, 9.17) is 14.2 Å². The smallest absolute Gasteiger partial charge is 0.193 e. The van der Waals surface area contributed by atoms with Crippen molar-refractivity contribution in [3.05, 3.63) is 0 Å². The molecule has 4 aliphatic rings. The van der Waals surface area contributed by atoms with Gasteiger partial charge in [-0.2, -0.15) is 0 Å². The summed E-state index contributed by atoms with van der Waals surface area (Å²) in [5.74, 6) is -0.0330. The van der Waals surface area contributed by atoms with Gasteiger partial charge < -0.3 is 24.4 Å². The van der Waals surface area contributed by atoms with Gasteiger partial charge in [-0.1, -0.05) is 27.2 Å². The zero-order valence-corrected chi connectivity index (χ0v) is 16.7. The Bertz CT molecular complexity index is 523. The van der Waals surface area contributed by atoms with Gasteiger partial charge >= 0.3 is 0 Å². The molecule has 26 heavy (non-hydrogen) atoms. The third kappa shape index (κ3) is 3.04. The van der Waals surface area contributed by atoms with E-state index in [9.17, 15) is 10.2 Å². The molecule has 5 heteroatoms. The lowest BCUT2D eigenvalue weighted by molar-refractivity contribution is -0.412. The van der Waals surface area contributed by atoms with Crippen molar-refractivity contribution in [2.75, 3.05) is 0 Å². The van der Waals surface area contributed by atoms with Gasteiger partial charge in [0, 0.05) is 18.3 Å². The topological polar surface area (TPSA) is 68.2 Å². The SMILES string of the molecule is CC1CCCC1OC1OC2OC(C)(O)CCC3C(C)CCC(C1C)C23O. The predicted octanol–water partition coefficient (Wildman–Crippen LogP) is 3.42. The lowest BCUT2D eigenvalue weighted by Gasteiger charge is -2.57. The van der Waals surface area contributed by atoms with Crippen molar-refractivity contribution in [1.29, 1.82) is 0 Å². The number of ether oxygens (including phenoxy) is 3. The zero-order valence-electron chi connectivity index (χ0n) is 16.7. The molecule has 10 unspecified atom stereocenters. The molecule has 5 nitrogen and oxygen atoms in total. The molecule has 0 aromatic heterocycles. The summed E-state index contributed by atoms with van der Waals surface area (Å²) in [5.41, 5.74) is -1.04. The van der Waals surface area contributed by atoms with Gasteiger partial charge in [0.2, 0.25) is 0 Å². The van der Waals surface area contributed by atoms with Crippen LogP contribution in [0.3, 0.4) is 0 Å². The quantitative estimate of drug-likeness (QED) is 0.782. The first-order valence-corrected chi connectivity index (χ1v) is 10.7. The van der Waals surface area contributed by atoms with E-state index >= 15 is 0 Å². The second-order valence-corrected chi connectivity index (χ2v) is 9.76. The molecular weight excluding hydrogens is 332 g/mol. The van der Waals surface area contributed by atoms with Crippen LogP contribution < -0.4 is 0 Å². The molecule has 2 aliphatic carbocycles. The lowest BCUT2D eigenvalue weighted by atomic mass is 9.58. The van der Waals surface area contributed by atoms with Crippen molar-refractivity contribution in [2.24, 2.45) is 29.6 Å². The van der Waals surface area contributed by atoms with Crippen LogP contribution in [-0.2, 0) is 14.2 Å². The summed E-state index contributed by atoms with van der Waals surface area (Å²) < 4.78 is 18.6. The standard InChI is InChI=1S/C21H36O5/c1-12-8-9-16-14(3)18(24-17-7-5-6-13(17)2)25-19-21(16,23)15(12)10-11-20(4,22)26-19/h12-19,22-23H,5-11H2,1-4H3. The van der Waals surface area contributed by atoms with E-state index in [-0.39, 0.29) is 30.1 Å². The Morgan fingerprint density at radius 3 is 2.38 bits per heavy atom. The Labute approximate surface area is 157 Å². The van der Waals surface area contributed by atoms with Gasteiger partial charge in [0.1, 0.15) is 5.60 Å². The summed E-state index contributed by atoms with van der Waals surface area (Å²) in [4.78, 5) is 0. The molecule has 0 bridgehead atoms. The average Bonchev–Trinajstić information content (AvgIpc) is 2.91. The van der Waals surface area contributed by atoms with Gasteiger partial charge in [-0.05, 0) is 56.8 Å². The maximum Gasteiger partial charge on any atom is 0.193 e. The Balaban J connectivity index is 1.62. The maximum absolute atomic E-state index is 11.8. The minimum atomic E-state index is -1.27. The molecule has 2 saturated heterocycles. The van der Waals surface area contributed by atoms with Crippen LogP contribution in [0.4, 0.5) is 0 Å². The predicted molar refractivity (Wildman–Crippen MR) is 97.0 cm³/mol. The normalized spacial score (nSPS) is 57.5. The average molecular weight is 369 g/mol. The van der Waals surface area contributed by atoms with Crippen molar-refractivity contribution in [3.8, 4) is 0 Å². The summed E-state index contributed by atoms with van der Waals surface area (Å²) in [6.45, 7) is 8.29. The van der Waals surface area contributed by atoms with E-state index in [2.05, 4.69) is 20.8 Å². The van der Waals surface area contributed by atoms with Crippen LogP contribution >= 0.6 is 0 Å². The Morgan fingerprint density at radius 1 is 0.923 bits per heavy atom. The highest BCUT2D eigenvalue weighted by Gasteiger charge is 2.63. The molecular formula is C21H36O5. The molecule has 0 radical (unpaired) electrons. The molecule has 0 spiro atoms. The highest BCUT2D eigenvalue weighted by molar-refractivity contribution is 5.07. The van der Waals surface area contributed by atoms with Crippen molar-refractivity contribution in [2.45, 2.75) is 103 Å². The van der Waals surface area contributed by atoms with Crippen LogP contribution in [-0.4, -0.2) is 40.3 Å². The molecule has 150 valence electrons. The van der Waals surface area contributed by atoms with Crippen LogP contribution in [0.15, 0.2) is 0 Å². The molecule has 10 atom stereocenters. The van der Waals surface area contributed by atoms with Gasteiger partial charge in [-0.15, -0.1) is 0 Å². The van der Waals surface area contributed by atoms with Crippen LogP contribution in [0.5, 0.6) is 0 Å². The molecule has 2 aliphatic heterocycles. The fraction of sp³-hybridized carbons (Fsp3) is 1.00. The summed E-state index contributed by atoms with van der Waals surface area (Å²) in [7, 11) is 0. The van der Waals surface area contributed by atoms with E-state index in [1.54, 1.807) is 6.92 Å². The number of hydrogen-bond donors (Lipinski definition) is 2. The van der Waals surface area contributed by atoms with Gasteiger partial charge in [-0.3, -0.25) is 0 Å². The molecule has 2 heterocycles. The molecule has 0 aromatic carbocycles. The van der Waals surface area contributed by atoms with Crippen LogP contribution in [0, 0.1) is 29.6 Å². The first-order valence-electron chi connectivity index (χ1n) is 10.7. The van der Waals surface area contributed by atoms with Gasteiger partial charge in [0.05, 0.1) is 6.10 Å². The molecule has 0 amide bonds. The second kappa shape index (κ2) is 6.70. The maximum atomic E-state index is 11.8. The summed E-state index contributed by atoms with van der Waals surface area (Å²) in [6, 6.07) is 0. The van der Waals surface area contributed by atoms with Crippen molar-refractivity contribution < 1.29 is 24.4 Å². The second-order valence-electron chi connectivity index (χ2n) is 9.76. The highest BCUT2D eigenvalue weighted by atomic mass is 16.8. The number of rotatable bonds is 2. The van der Waals surface area contributed by atoms with E-state index in [1.807, 2.05) is 0 Å².